The number of nitrogens with zero attached hydrogens (tertiary/aromatic N) is 2. The van der Waals surface area contributed by atoms with Crippen LogP contribution in [0.3, 0.4) is 0 Å². The third-order valence-electron chi connectivity index (χ3n) is 2.85. The van der Waals surface area contributed by atoms with Gasteiger partial charge in [-0.1, -0.05) is 6.92 Å². The van der Waals surface area contributed by atoms with Crippen LogP contribution < -0.4 is 0 Å². The largest absolute Gasteiger partial charge is 0.304 e. The molecule has 1 rings (SSSR count). The first-order chi connectivity index (χ1) is 6.22. The van der Waals surface area contributed by atoms with E-state index in [0.29, 0.717) is 0 Å². The molecule has 2 nitrogen and oxygen atoms in total. The molecule has 13 heavy (non-hydrogen) atoms. The second-order valence-electron chi connectivity index (χ2n) is 3.98. The number of likely N-dealkylation sites (N-methyl/N-ethyl adjacent to an activating group) is 1. The Morgan fingerprint density at radius 1 is 1.23 bits per heavy atom. The summed E-state index contributed by atoms with van der Waals surface area (Å²) in [5.41, 5.74) is 0. The van der Waals surface area contributed by atoms with Gasteiger partial charge in [-0.15, -0.1) is 0 Å². The fraction of sp³-hybridized carbons (Fsp3) is 1.00. The van der Waals surface area contributed by atoms with E-state index >= 15 is 0 Å². The average Bonchev–Trinajstić information content (AvgIpc) is 2.16. The van der Waals surface area contributed by atoms with Crippen molar-refractivity contribution in [1.29, 1.82) is 0 Å². The van der Waals surface area contributed by atoms with Gasteiger partial charge >= 0.3 is 0 Å². The second kappa shape index (κ2) is 5.89. The molecule has 0 spiro atoms. The van der Waals surface area contributed by atoms with E-state index in [4.69, 9.17) is 0 Å². The molecule has 1 aliphatic heterocycles. The molecule has 78 valence electrons. The third kappa shape index (κ3) is 4.34. The molecule has 0 N–H and O–H groups in total. The first kappa shape index (κ1) is 11.3. The van der Waals surface area contributed by atoms with Crippen LogP contribution in [0.2, 0.25) is 0 Å². The fourth-order valence-corrected chi connectivity index (χ4v) is 1.89. The van der Waals surface area contributed by atoms with E-state index in [1.165, 1.54) is 39.1 Å². The van der Waals surface area contributed by atoms with Gasteiger partial charge in [0.05, 0.1) is 0 Å². The second-order valence-corrected chi connectivity index (χ2v) is 5.26. The maximum atomic E-state index is 2.59. The highest BCUT2D eigenvalue weighted by Gasteiger charge is 2.13. The fourth-order valence-electron chi connectivity index (χ4n) is 1.55. The van der Waals surface area contributed by atoms with Crippen molar-refractivity contribution in [3.05, 3.63) is 0 Å². The zero-order valence-electron chi connectivity index (χ0n) is 9.12. The van der Waals surface area contributed by atoms with Crippen molar-refractivity contribution in [1.82, 2.24) is 9.80 Å². The van der Waals surface area contributed by atoms with E-state index in [1.807, 2.05) is 11.8 Å². The van der Waals surface area contributed by atoms with Crippen LogP contribution in [-0.4, -0.2) is 61.1 Å². The van der Waals surface area contributed by atoms with Crippen LogP contribution in [0.5, 0.6) is 0 Å². The standard InChI is InChI=1S/C10H22N2S/c1-10(13-3)4-5-12-8-6-11(2)7-9-12/h10H,4-9H2,1-3H3. The van der Waals surface area contributed by atoms with Crippen LogP contribution in [0.1, 0.15) is 13.3 Å². The number of thioether (sulfide) groups is 1. The van der Waals surface area contributed by atoms with Crippen LogP contribution in [0.25, 0.3) is 0 Å². The number of piperazine rings is 1. The van der Waals surface area contributed by atoms with Crippen molar-refractivity contribution in [3.8, 4) is 0 Å². The summed E-state index contributed by atoms with van der Waals surface area (Å²) in [6.45, 7) is 8.62. The molecule has 0 aromatic rings. The van der Waals surface area contributed by atoms with Gasteiger partial charge in [0.25, 0.3) is 0 Å². The Labute approximate surface area is 86.7 Å². The normalized spacial score (nSPS) is 23.3. The van der Waals surface area contributed by atoms with Crippen LogP contribution in [-0.2, 0) is 0 Å². The van der Waals surface area contributed by atoms with Crippen LogP contribution in [0.15, 0.2) is 0 Å². The molecule has 0 saturated carbocycles. The van der Waals surface area contributed by atoms with Crippen molar-refractivity contribution in [3.63, 3.8) is 0 Å². The van der Waals surface area contributed by atoms with Crippen LogP contribution >= 0.6 is 11.8 Å². The van der Waals surface area contributed by atoms with Crippen molar-refractivity contribution >= 4 is 11.8 Å². The van der Waals surface area contributed by atoms with Crippen molar-refractivity contribution in [2.24, 2.45) is 0 Å². The van der Waals surface area contributed by atoms with Gasteiger partial charge in [0.1, 0.15) is 0 Å². The van der Waals surface area contributed by atoms with E-state index in [1.54, 1.807) is 0 Å². The molecular formula is C10H22N2S. The minimum atomic E-state index is 0.819. The molecule has 0 aromatic heterocycles. The predicted molar refractivity (Wildman–Crippen MR) is 61.5 cm³/mol. The molecular weight excluding hydrogens is 180 g/mol. The smallest absolute Gasteiger partial charge is 0.0110 e. The molecule has 0 aromatic carbocycles. The quantitative estimate of drug-likeness (QED) is 0.680. The van der Waals surface area contributed by atoms with Gasteiger partial charge in [0, 0.05) is 31.4 Å². The number of hydrogen-bond donors (Lipinski definition) is 0. The van der Waals surface area contributed by atoms with E-state index in [2.05, 4.69) is 30.0 Å². The Morgan fingerprint density at radius 2 is 1.85 bits per heavy atom. The summed E-state index contributed by atoms with van der Waals surface area (Å²) in [6, 6.07) is 0. The Kier molecular flexibility index (Phi) is 5.14. The third-order valence-corrected chi connectivity index (χ3v) is 3.89. The molecule has 0 amide bonds. The summed E-state index contributed by atoms with van der Waals surface area (Å²) < 4.78 is 0. The first-order valence-electron chi connectivity index (χ1n) is 5.16. The maximum Gasteiger partial charge on any atom is 0.0110 e. The summed E-state index contributed by atoms with van der Waals surface area (Å²) in [5.74, 6) is 0. The summed E-state index contributed by atoms with van der Waals surface area (Å²) in [6.07, 6.45) is 3.54. The average molecular weight is 202 g/mol. The Bertz CT molecular complexity index is 133. The SMILES string of the molecule is CSC(C)CCN1CCN(C)CC1. The number of hydrogen-bond acceptors (Lipinski definition) is 3. The summed E-state index contributed by atoms with van der Waals surface area (Å²) in [5, 5.41) is 0.819. The van der Waals surface area contributed by atoms with Gasteiger partial charge < -0.3 is 9.80 Å². The van der Waals surface area contributed by atoms with E-state index in [0.717, 1.165) is 5.25 Å². The predicted octanol–water partition coefficient (Wildman–Crippen LogP) is 1.38. The lowest BCUT2D eigenvalue weighted by Crippen LogP contribution is -2.45. The minimum Gasteiger partial charge on any atom is -0.304 e. The van der Waals surface area contributed by atoms with E-state index in [-0.39, 0.29) is 0 Å². The van der Waals surface area contributed by atoms with Gasteiger partial charge in [0.2, 0.25) is 0 Å². The van der Waals surface area contributed by atoms with Crippen LogP contribution in [0, 0.1) is 0 Å². The Hall–Kier alpha value is 0.270. The van der Waals surface area contributed by atoms with Gasteiger partial charge in [-0.3, -0.25) is 0 Å². The van der Waals surface area contributed by atoms with E-state index < -0.39 is 0 Å². The zero-order chi connectivity index (χ0) is 9.68. The highest BCUT2D eigenvalue weighted by Crippen LogP contribution is 2.11. The summed E-state index contributed by atoms with van der Waals surface area (Å²) in [7, 11) is 2.21. The Balaban J connectivity index is 2.08. The number of rotatable bonds is 4. The molecule has 1 aliphatic rings. The lowest BCUT2D eigenvalue weighted by atomic mass is 10.2. The molecule has 0 aliphatic carbocycles. The Morgan fingerprint density at radius 3 is 2.38 bits per heavy atom. The molecule has 1 unspecified atom stereocenters. The molecule has 0 bridgehead atoms. The van der Waals surface area contributed by atoms with Crippen molar-refractivity contribution in [2.75, 3.05) is 46.0 Å². The van der Waals surface area contributed by atoms with Gasteiger partial charge in [0.15, 0.2) is 0 Å². The maximum absolute atomic E-state index is 2.59. The zero-order valence-corrected chi connectivity index (χ0v) is 9.94. The lowest BCUT2D eigenvalue weighted by Gasteiger charge is -2.32. The molecule has 0 radical (unpaired) electrons. The highest BCUT2D eigenvalue weighted by atomic mass is 32.2. The summed E-state index contributed by atoms with van der Waals surface area (Å²) in [4.78, 5) is 5.00. The monoisotopic (exact) mass is 202 g/mol. The first-order valence-corrected chi connectivity index (χ1v) is 6.45. The van der Waals surface area contributed by atoms with Crippen molar-refractivity contribution in [2.45, 2.75) is 18.6 Å². The summed E-state index contributed by atoms with van der Waals surface area (Å²) >= 11 is 1.98. The van der Waals surface area contributed by atoms with Crippen molar-refractivity contribution < 1.29 is 0 Å². The highest BCUT2D eigenvalue weighted by molar-refractivity contribution is 7.99. The molecule has 1 heterocycles. The van der Waals surface area contributed by atoms with Gasteiger partial charge in [-0.05, 0) is 26.3 Å². The van der Waals surface area contributed by atoms with Gasteiger partial charge in [-0.25, -0.2) is 0 Å². The van der Waals surface area contributed by atoms with Gasteiger partial charge in [-0.2, -0.15) is 11.8 Å². The van der Waals surface area contributed by atoms with E-state index in [9.17, 15) is 0 Å². The lowest BCUT2D eigenvalue weighted by molar-refractivity contribution is 0.153. The topological polar surface area (TPSA) is 6.48 Å². The molecule has 1 fully saturated rings. The molecule has 1 atom stereocenters. The molecule has 3 heteroatoms. The molecule has 1 saturated heterocycles. The van der Waals surface area contributed by atoms with Crippen LogP contribution in [0.4, 0.5) is 0 Å². The minimum absolute atomic E-state index is 0.819.